The number of benzene rings is 2. The molecule has 2 aromatic carbocycles. The van der Waals surface area contributed by atoms with E-state index in [1.165, 1.54) is 0 Å². The molecule has 0 saturated heterocycles. The summed E-state index contributed by atoms with van der Waals surface area (Å²) in [5, 5.41) is 9.99. The summed E-state index contributed by atoms with van der Waals surface area (Å²) in [5.74, 6) is 2.04. The second-order valence-corrected chi connectivity index (χ2v) is 4.37. The van der Waals surface area contributed by atoms with Gasteiger partial charge in [0.05, 0.1) is 0 Å². The molecule has 4 heteroatoms. The van der Waals surface area contributed by atoms with Gasteiger partial charge in [-0.3, -0.25) is 0 Å². The maximum absolute atomic E-state index is 9.99. The summed E-state index contributed by atoms with van der Waals surface area (Å²) in [6.45, 7) is 0.191. The third-order valence-corrected chi connectivity index (χ3v) is 3.07. The van der Waals surface area contributed by atoms with Crippen LogP contribution in [0.15, 0.2) is 36.4 Å². The van der Waals surface area contributed by atoms with Crippen LogP contribution in [-0.2, 0) is 6.42 Å². The van der Waals surface area contributed by atoms with Crippen molar-refractivity contribution in [2.75, 3.05) is 6.79 Å². The highest BCUT2D eigenvalue weighted by atomic mass is 16.7. The summed E-state index contributed by atoms with van der Waals surface area (Å²) in [6.07, 6.45) is 7.77. The third kappa shape index (κ3) is 2.34. The molecule has 0 radical (unpaired) electrons. The van der Waals surface area contributed by atoms with Crippen molar-refractivity contribution < 1.29 is 19.3 Å². The molecule has 0 bridgehead atoms. The van der Waals surface area contributed by atoms with E-state index < -0.39 is 0 Å². The number of phenolic OH excluding ortho intramolecular Hbond substituents is 1. The van der Waals surface area contributed by atoms with Gasteiger partial charge in [0.2, 0.25) is 6.79 Å². The summed E-state index contributed by atoms with van der Waals surface area (Å²) >= 11 is 0. The normalized spacial score (nSPS) is 11.9. The second-order valence-electron chi connectivity index (χ2n) is 4.37. The molecule has 4 nitrogen and oxygen atoms in total. The van der Waals surface area contributed by atoms with Crippen LogP contribution in [0.5, 0.6) is 23.0 Å². The Hall–Kier alpha value is -2.80. The average Bonchev–Trinajstić information content (AvgIpc) is 2.89. The van der Waals surface area contributed by atoms with Gasteiger partial charge in [-0.25, -0.2) is 0 Å². The van der Waals surface area contributed by atoms with Gasteiger partial charge in [-0.2, -0.15) is 0 Å². The van der Waals surface area contributed by atoms with Crippen molar-refractivity contribution >= 4 is 0 Å². The Labute approximate surface area is 116 Å². The smallest absolute Gasteiger partial charge is 0.231 e. The lowest BCUT2D eigenvalue weighted by Gasteiger charge is -2.07. The number of ether oxygens (including phenoxy) is 3. The summed E-state index contributed by atoms with van der Waals surface area (Å²) in [4.78, 5) is 0. The zero-order valence-corrected chi connectivity index (χ0v) is 10.6. The first-order valence-electron chi connectivity index (χ1n) is 6.09. The highest BCUT2D eigenvalue weighted by Crippen LogP contribution is 2.38. The van der Waals surface area contributed by atoms with Gasteiger partial charge in [0.15, 0.2) is 11.5 Å². The maximum Gasteiger partial charge on any atom is 0.231 e. The first-order valence-corrected chi connectivity index (χ1v) is 6.09. The Morgan fingerprint density at radius 1 is 1.15 bits per heavy atom. The lowest BCUT2D eigenvalue weighted by atomic mass is 10.0. The number of aromatic hydroxyl groups is 1. The molecule has 0 aromatic heterocycles. The van der Waals surface area contributed by atoms with Gasteiger partial charge in [0.25, 0.3) is 0 Å². The van der Waals surface area contributed by atoms with Crippen molar-refractivity contribution in [3.63, 3.8) is 0 Å². The molecule has 1 heterocycles. The van der Waals surface area contributed by atoms with Gasteiger partial charge in [0.1, 0.15) is 17.6 Å². The largest absolute Gasteiger partial charge is 0.508 e. The van der Waals surface area contributed by atoms with Crippen LogP contribution in [0, 0.1) is 12.5 Å². The van der Waals surface area contributed by atoms with Gasteiger partial charge in [-0.1, -0.05) is 18.6 Å². The molecule has 0 saturated carbocycles. The van der Waals surface area contributed by atoms with E-state index >= 15 is 0 Å². The maximum atomic E-state index is 9.99. The van der Waals surface area contributed by atoms with Crippen molar-refractivity contribution in [1.29, 1.82) is 0 Å². The van der Waals surface area contributed by atoms with Crippen molar-refractivity contribution in [2.24, 2.45) is 0 Å². The molecule has 0 spiro atoms. The van der Waals surface area contributed by atoms with E-state index in [1.54, 1.807) is 24.3 Å². The third-order valence-electron chi connectivity index (χ3n) is 3.07. The Kier molecular flexibility index (Phi) is 3.10. The van der Waals surface area contributed by atoms with Crippen molar-refractivity contribution in [3.8, 4) is 35.5 Å². The molecule has 1 N–H and O–H groups in total. The monoisotopic (exact) mass is 268 g/mol. The van der Waals surface area contributed by atoms with E-state index in [4.69, 9.17) is 20.6 Å². The summed E-state index contributed by atoms with van der Waals surface area (Å²) < 4.78 is 15.5. The molecule has 0 unspecified atom stereocenters. The summed E-state index contributed by atoms with van der Waals surface area (Å²) in [7, 11) is 0. The van der Waals surface area contributed by atoms with Crippen LogP contribution in [0.2, 0.25) is 0 Å². The molecule has 20 heavy (non-hydrogen) atoms. The fourth-order valence-corrected chi connectivity index (χ4v) is 2.08. The number of hydrogen-bond acceptors (Lipinski definition) is 4. The number of fused-ring (bicyclic) bond motifs is 1. The van der Waals surface area contributed by atoms with Crippen molar-refractivity contribution in [2.45, 2.75) is 6.42 Å². The van der Waals surface area contributed by atoms with Crippen LogP contribution in [-0.4, -0.2) is 11.9 Å². The molecule has 0 amide bonds. The summed E-state index contributed by atoms with van der Waals surface area (Å²) in [5.41, 5.74) is 1.81. The van der Waals surface area contributed by atoms with Gasteiger partial charge in [-0.05, 0) is 23.8 Å². The highest BCUT2D eigenvalue weighted by Gasteiger charge is 2.17. The van der Waals surface area contributed by atoms with Crippen LogP contribution >= 0.6 is 0 Å². The molecular formula is C16H12O4. The predicted octanol–water partition coefficient (Wildman–Crippen LogP) is 2.68. The lowest BCUT2D eigenvalue weighted by Crippen LogP contribution is -1.93. The second kappa shape index (κ2) is 5.06. The fourth-order valence-electron chi connectivity index (χ4n) is 2.08. The highest BCUT2D eigenvalue weighted by molar-refractivity contribution is 5.52. The Bertz CT molecular complexity index is 668. The van der Waals surface area contributed by atoms with Crippen LogP contribution < -0.4 is 14.2 Å². The molecule has 1 aliphatic heterocycles. The minimum atomic E-state index is 0.191. The summed E-state index contributed by atoms with van der Waals surface area (Å²) in [6, 6.07) is 10.8. The van der Waals surface area contributed by atoms with E-state index in [-0.39, 0.29) is 12.5 Å². The fraction of sp³-hybridized carbons (Fsp3) is 0.125. The van der Waals surface area contributed by atoms with Crippen LogP contribution in [0.4, 0.5) is 0 Å². The van der Waals surface area contributed by atoms with Crippen LogP contribution in [0.25, 0.3) is 0 Å². The molecular weight excluding hydrogens is 256 g/mol. The van der Waals surface area contributed by atoms with Gasteiger partial charge in [0, 0.05) is 18.1 Å². The standard InChI is InChI=1S/C16H12O4/c1-2-18-13-5-3-11(4-6-13)7-12-8-15-16(9-14(12)17)20-10-19-15/h1,3-6,8-9,17H,7,10H2. The van der Waals surface area contributed by atoms with Crippen molar-refractivity contribution in [1.82, 2.24) is 0 Å². The van der Waals surface area contributed by atoms with Crippen LogP contribution in [0.3, 0.4) is 0 Å². The number of rotatable bonds is 3. The number of hydrogen-bond donors (Lipinski definition) is 1. The lowest BCUT2D eigenvalue weighted by molar-refractivity contribution is 0.174. The average molecular weight is 268 g/mol. The minimum absolute atomic E-state index is 0.191. The quantitative estimate of drug-likeness (QED) is 0.869. The number of phenols is 1. The van der Waals surface area contributed by atoms with Gasteiger partial charge < -0.3 is 19.3 Å². The van der Waals surface area contributed by atoms with Gasteiger partial charge in [-0.15, -0.1) is 0 Å². The molecule has 0 fully saturated rings. The number of terminal acetylenes is 1. The first-order chi connectivity index (χ1) is 9.76. The zero-order chi connectivity index (χ0) is 13.9. The van der Waals surface area contributed by atoms with Gasteiger partial charge >= 0.3 is 0 Å². The molecule has 100 valence electrons. The predicted molar refractivity (Wildman–Crippen MR) is 72.9 cm³/mol. The Balaban J connectivity index is 1.82. The first kappa shape index (κ1) is 12.2. The molecule has 1 aliphatic rings. The minimum Gasteiger partial charge on any atom is -0.508 e. The van der Waals surface area contributed by atoms with E-state index in [2.05, 4.69) is 6.11 Å². The van der Waals surface area contributed by atoms with Crippen molar-refractivity contribution in [3.05, 3.63) is 47.5 Å². The van der Waals surface area contributed by atoms with E-state index in [9.17, 15) is 5.11 Å². The Morgan fingerprint density at radius 3 is 2.55 bits per heavy atom. The van der Waals surface area contributed by atoms with E-state index in [0.29, 0.717) is 23.7 Å². The molecule has 2 aromatic rings. The SMILES string of the molecule is C#COc1ccc(Cc2cc3c(cc2O)OCO3)cc1. The molecule has 3 rings (SSSR count). The van der Waals surface area contributed by atoms with Crippen LogP contribution in [0.1, 0.15) is 11.1 Å². The molecule has 0 aliphatic carbocycles. The molecule has 0 atom stereocenters. The Morgan fingerprint density at radius 2 is 1.85 bits per heavy atom. The topological polar surface area (TPSA) is 47.9 Å². The van der Waals surface area contributed by atoms with E-state index in [1.807, 2.05) is 12.1 Å². The van der Waals surface area contributed by atoms with E-state index in [0.717, 1.165) is 11.1 Å². The zero-order valence-electron chi connectivity index (χ0n) is 10.6.